The summed E-state index contributed by atoms with van der Waals surface area (Å²) in [7, 11) is 4.75. The average molecular weight is 286 g/mol. The van der Waals surface area contributed by atoms with Gasteiger partial charge in [0, 0.05) is 13.2 Å². The van der Waals surface area contributed by atoms with E-state index in [1.165, 1.54) is 12.8 Å². The summed E-state index contributed by atoms with van der Waals surface area (Å²) >= 11 is -2.92. The Labute approximate surface area is 78.8 Å². The SMILES string of the molecule is C1CCOC1.O=[N][Rh]([Cl])[N+](=O)[O-]. The Morgan fingerprint density at radius 1 is 1.50 bits per heavy atom. The number of rotatable bonds is 2. The van der Waals surface area contributed by atoms with Crippen molar-refractivity contribution in [2.75, 3.05) is 13.2 Å². The van der Waals surface area contributed by atoms with Gasteiger partial charge in [-0.2, -0.15) is 0 Å². The maximum absolute atomic E-state index is 9.37. The second-order valence-electron chi connectivity index (χ2n) is 1.76. The average Bonchev–Trinajstić information content (AvgIpc) is 2.59. The van der Waals surface area contributed by atoms with Crippen molar-refractivity contribution < 1.29 is 23.8 Å². The van der Waals surface area contributed by atoms with Crippen LogP contribution in [0.5, 0.6) is 0 Å². The van der Waals surface area contributed by atoms with Crippen LogP contribution >= 0.6 is 9.69 Å². The van der Waals surface area contributed by atoms with Crippen molar-refractivity contribution >= 4 is 9.69 Å². The Balaban J connectivity index is 0.000000211. The second-order valence-corrected chi connectivity index (χ2v) is 4.87. The first-order valence-electron chi connectivity index (χ1n) is 3.05. The number of halogens is 1. The molecule has 6 nitrogen and oxygen atoms in total. The predicted molar refractivity (Wildman–Crippen MR) is 38.7 cm³/mol. The zero-order valence-corrected chi connectivity index (χ0v) is 8.46. The van der Waals surface area contributed by atoms with Gasteiger partial charge in [0.15, 0.2) is 0 Å². The Bertz CT molecular complexity index is 146. The quantitative estimate of drug-likeness (QED) is 0.333. The first kappa shape index (κ1) is 11.9. The molecule has 0 radical (unpaired) electrons. The first-order valence-corrected chi connectivity index (χ1v) is 6.62. The fraction of sp³-hybridized carbons (Fsp3) is 1.00. The van der Waals surface area contributed by atoms with E-state index >= 15 is 0 Å². The van der Waals surface area contributed by atoms with Crippen LogP contribution in [0.3, 0.4) is 0 Å². The standard InChI is InChI=1S/C4H8O.ClH.NO2.NO.Rh/c1-2-4-5-3-1;;2-1-3;1-2;/h1-4H2;1H;;;/q;;;-1;+2/p-1. The third-order valence-corrected chi connectivity index (χ3v) is 2.54. The zero-order valence-electron chi connectivity index (χ0n) is 6.07. The second kappa shape index (κ2) is 7.52. The Kier molecular flexibility index (Phi) is 7.44. The molecule has 0 aromatic carbocycles. The Hall–Kier alpha value is -0.127. The fourth-order valence-electron chi connectivity index (χ4n) is 0.533. The molecule has 0 bridgehead atoms. The summed E-state index contributed by atoms with van der Waals surface area (Å²) in [5, 5.41) is 9.37. The van der Waals surface area contributed by atoms with Crippen molar-refractivity contribution in [3.8, 4) is 0 Å². The molecule has 0 unspecified atom stereocenters. The van der Waals surface area contributed by atoms with E-state index in [2.05, 4.69) is 0 Å². The minimum atomic E-state index is -2.92. The molecule has 0 aromatic heterocycles. The van der Waals surface area contributed by atoms with Gasteiger partial charge in [0.2, 0.25) is 0 Å². The van der Waals surface area contributed by atoms with Gasteiger partial charge in [-0.05, 0) is 12.8 Å². The monoisotopic (exact) mass is 286 g/mol. The van der Waals surface area contributed by atoms with E-state index in [1.54, 1.807) is 0 Å². The predicted octanol–water partition coefficient (Wildman–Crippen LogP) is 1.43. The van der Waals surface area contributed by atoms with Crippen LogP contribution in [-0.4, -0.2) is 16.9 Å². The molecule has 0 aliphatic carbocycles. The molecule has 0 saturated carbocycles. The Morgan fingerprint density at radius 2 is 2.00 bits per heavy atom. The molecule has 1 fully saturated rings. The van der Waals surface area contributed by atoms with E-state index in [0.717, 1.165) is 13.2 Å². The minimum absolute atomic E-state index is 0.862. The molecule has 0 amide bonds. The molecule has 1 rings (SSSR count). The molecule has 1 aliphatic rings. The number of nitroso groups, excluding NO2 is 1. The van der Waals surface area contributed by atoms with Crippen LogP contribution in [0.25, 0.3) is 0 Å². The molecule has 0 atom stereocenters. The van der Waals surface area contributed by atoms with Gasteiger partial charge in [-0.25, -0.2) is 0 Å². The van der Waals surface area contributed by atoms with E-state index in [-0.39, 0.29) is 0 Å². The molecule has 1 saturated heterocycles. The molecule has 12 heavy (non-hydrogen) atoms. The van der Waals surface area contributed by atoms with Crippen molar-refractivity contribution in [2.45, 2.75) is 12.8 Å². The third kappa shape index (κ3) is 6.58. The molecular formula is C4H8ClN2O4Rh. The fourth-order valence-corrected chi connectivity index (χ4v) is 0.642. The summed E-state index contributed by atoms with van der Waals surface area (Å²) < 4.78 is 6.12. The van der Waals surface area contributed by atoms with Crippen LogP contribution in [0.2, 0.25) is 0 Å². The molecule has 0 N–H and O–H groups in total. The summed E-state index contributed by atoms with van der Waals surface area (Å²) in [6, 6.07) is 0. The van der Waals surface area contributed by atoms with Gasteiger partial charge < -0.3 is 4.74 Å². The van der Waals surface area contributed by atoms with E-state index in [1.807, 2.05) is 3.92 Å². The van der Waals surface area contributed by atoms with Crippen LogP contribution in [-0.2, 0) is 20.2 Å². The maximum atomic E-state index is 9.37. The van der Waals surface area contributed by atoms with E-state index in [0.29, 0.717) is 0 Å². The molecular weight excluding hydrogens is 278 g/mol. The number of hydrogen-bond donors (Lipinski definition) is 0. The normalized spacial score (nSPS) is 15.9. The van der Waals surface area contributed by atoms with Gasteiger partial charge in [-0.1, -0.05) is 0 Å². The van der Waals surface area contributed by atoms with Gasteiger partial charge in [-0.3, -0.25) is 0 Å². The van der Waals surface area contributed by atoms with Gasteiger partial charge in [-0.15, -0.1) is 0 Å². The van der Waals surface area contributed by atoms with Gasteiger partial charge in [0.25, 0.3) is 0 Å². The van der Waals surface area contributed by atoms with E-state index in [4.69, 9.17) is 14.4 Å². The van der Waals surface area contributed by atoms with Gasteiger partial charge in [0.05, 0.1) is 0 Å². The summed E-state index contributed by atoms with van der Waals surface area (Å²) in [4.78, 5) is 18.5. The number of hydrogen-bond acceptors (Lipinski definition) is 5. The van der Waals surface area contributed by atoms with Crippen LogP contribution in [0.15, 0.2) is 3.92 Å². The van der Waals surface area contributed by atoms with Crippen molar-refractivity contribution in [2.24, 2.45) is 3.92 Å². The van der Waals surface area contributed by atoms with Crippen molar-refractivity contribution in [1.29, 1.82) is 0 Å². The topological polar surface area (TPSA) is 81.8 Å². The molecule has 1 heterocycles. The molecule has 74 valence electrons. The first-order chi connectivity index (χ1) is 5.68. The van der Waals surface area contributed by atoms with Gasteiger partial charge >= 0.3 is 47.7 Å². The zero-order chi connectivity index (χ0) is 9.40. The van der Waals surface area contributed by atoms with Gasteiger partial charge in [0.1, 0.15) is 0 Å². The van der Waals surface area contributed by atoms with Crippen LogP contribution in [0, 0.1) is 15.0 Å². The van der Waals surface area contributed by atoms with Crippen molar-refractivity contribution in [1.82, 2.24) is 0 Å². The van der Waals surface area contributed by atoms with Crippen LogP contribution in [0.4, 0.5) is 0 Å². The summed E-state index contributed by atoms with van der Waals surface area (Å²) in [5.74, 6) is 0. The van der Waals surface area contributed by atoms with Crippen molar-refractivity contribution in [3.63, 3.8) is 0 Å². The summed E-state index contributed by atoms with van der Waals surface area (Å²) in [6.07, 6.45) is 2.56. The molecule has 0 aromatic rings. The van der Waals surface area contributed by atoms with Crippen LogP contribution in [0.1, 0.15) is 12.8 Å². The summed E-state index contributed by atoms with van der Waals surface area (Å²) in [6.45, 7) is 2.00. The van der Waals surface area contributed by atoms with E-state index < -0.39 is 19.1 Å². The third-order valence-electron chi connectivity index (χ3n) is 0.978. The molecule has 1 aliphatic heterocycles. The van der Waals surface area contributed by atoms with Crippen LogP contribution < -0.4 is 0 Å². The number of ether oxygens (including phenoxy) is 1. The number of nitro groups is 1. The summed E-state index contributed by atoms with van der Waals surface area (Å²) in [5.41, 5.74) is 0. The Morgan fingerprint density at radius 3 is 2.08 bits per heavy atom. The molecule has 0 spiro atoms. The number of nitrogens with zero attached hydrogens (tertiary/aromatic N) is 2. The molecule has 8 heteroatoms. The van der Waals surface area contributed by atoms with E-state index in [9.17, 15) is 15.0 Å². The van der Waals surface area contributed by atoms with Crippen molar-refractivity contribution in [3.05, 3.63) is 15.0 Å².